The minimum atomic E-state index is -3.82. The van der Waals surface area contributed by atoms with Crippen LogP contribution in [-0.4, -0.2) is 25.1 Å². The first kappa shape index (κ1) is 8.92. The standard InChI is InChI=1S/C6H9NO5S/c8-7-5-3-1-2-4-6(5)11-13(9,10)12-6/h8H,1-4H2/b7-5+. The second-order valence-electron chi connectivity index (χ2n) is 3.08. The summed E-state index contributed by atoms with van der Waals surface area (Å²) in [5, 5.41) is 11.6. The lowest BCUT2D eigenvalue weighted by Gasteiger charge is -2.41. The van der Waals surface area contributed by atoms with Gasteiger partial charge in [-0.1, -0.05) is 5.16 Å². The molecular formula is C6H9NO5S. The lowest BCUT2D eigenvalue weighted by Crippen LogP contribution is -2.57. The van der Waals surface area contributed by atoms with Crippen LogP contribution in [0.25, 0.3) is 0 Å². The SMILES string of the molecule is O=S1(=O)OC2(CCCC/C2=N\O)O1. The molecule has 1 aliphatic heterocycles. The van der Waals surface area contributed by atoms with Crippen molar-refractivity contribution in [3.63, 3.8) is 0 Å². The van der Waals surface area contributed by atoms with Gasteiger partial charge in [-0.15, -0.1) is 0 Å². The van der Waals surface area contributed by atoms with E-state index < -0.39 is 16.2 Å². The molecule has 13 heavy (non-hydrogen) atoms. The molecule has 0 aromatic carbocycles. The van der Waals surface area contributed by atoms with Crippen LogP contribution in [0, 0.1) is 0 Å². The maximum atomic E-state index is 10.6. The average Bonchev–Trinajstić information content (AvgIpc) is 2.02. The van der Waals surface area contributed by atoms with Gasteiger partial charge in [0, 0.05) is 6.42 Å². The maximum Gasteiger partial charge on any atom is 0.406 e. The highest BCUT2D eigenvalue weighted by molar-refractivity contribution is 7.83. The Morgan fingerprint density at radius 1 is 1.38 bits per heavy atom. The van der Waals surface area contributed by atoms with Crippen LogP contribution in [0.15, 0.2) is 5.16 Å². The molecular weight excluding hydrogens is 198 g/mol. The predicted octanol–water partition coefficient (Wildman–Crippen LogP) is 0.379. The fraction of sp³-hybridized carbons (Fsp3) is 0.833. The van der Waals surface area contributed by atoms with E-state index in [0.29, 0.717) is 12.8 Å². The fourth-order valence-corrected chi connectivity index (χ4v) is 2.66. The molecule has 1 N–H and O–H groups in total. The van der Waals surface area contributed by atoms with Gasteiger partial charge in [0.25, 0.3) is 0 Å². The molecule has 1 spiro atoms. The topological polar surface area (TPSA) is 85.2 Å². The van der Waals surface area contributed by atoms with Crippen molar-refractivity contribution >= 4 is 16.1 Å². The fourth-order valence-electron chi connectivity index (χ4n) is 1.63. The molecule has 6 nitrogen and oxygen atoms in total. The van der Waals surface area contributed by atoms with Crippen LogP contribution in [0.5, 0.6) is 0 Å². The van der Waals surface area contributed by atoms with Crippen LogP contribution in [-0.2, 0) is 18.8 Å². The minimum Gasteiger partial charge on any atom is -0.411 e. The van der Waals surface area contributed by atoms with Crippen LogP contribution in [0.1, 0.15) is 25.7 Å². The molecule has 0 unspecified atom stereocenters. The predicted molar refractivity (Wildman–Crippen MR) is 41.5 cm³/mol. The number of hydrogen-bond donors (Lipinski definition) is 1. The van der Waals surface area contributed by atoms with E-state index in [1.165, 1.54) is 0 Å². The smallest absolute Gasteiger partial charge is 0.406 e. The van der Waals surface area contributed by atoms with Crippen LogP contribution in [0.2, 0.25) is 0 Å². The zero-order chi connectivity index (χ0) is 9.53. The Kier molecular flexibility index (Phi) is 1.83. The molecule has 7 heteroatoms. The number of nitrogens with zero attached hydrogens (tertiary/aromatic N) is 1. The monoisotopic (exact) mass is 207 g/mol. The van der Waals surface area contributed by atoms with E-state index in [4.69, 9.17) is 5.21 Å². The minimum absolute atomic E-state index is 0.258. The van der Waals surface area contributed by atoms with E-state index in [2.05, 4.69) is 13.5 Å². The second kappa shape index (κ2) is 2.66. The van der Waals surface area contributed by atoms with Gasteiger partial charge in [0.15, 0.2) is 0 Å². The summed E-state index contributed by atoms with van der Waals surface area (Å²) in [6.45, 7) is 0. The third kappa shape index (κ3) is 1.32. The Balaban J connectivity index is 2.23. The summed E-state index contributed by atoms with van der Waals surface area (Å²) in [7, 11) is -3.82. The van der Waals surface area contributed by atoms with Crippen molar-refractivity contribution in [2.24, 2.45) is 5.16 Å². The van der Waals surface area contributed by atoms with Gasteiger partial charge in [-0.25, -0.2) is 8.37 Å². The summed E-state index contributed by atoms with van der Waals surface area (Å²) in [5.74, 6) is -1.29. The van der Waals surface area contributed by atoms with Crippen molar-refractivity contribution in [3.8, 4) is 0 Å². The van der Waals surface area contributed by atoms with Crippen LogP contribution < -0.4 is 0 Å². The Morgan fingerprint density at radius 3 is 2.62 bits per heavy atom. The zero-order valence-electron chi connectivity index (χ0n) is 6.76. The molecule has 74 valence electrons. The quantitative estimate of drug-likeness (QED) is 0.458. The molecule has 1 saturated heterocycles. The van der Waals surface area contributed by atoms with E-state index >= 15 is 0 Å². The molecule has 1 saturated carbocycles. The number of hydrogen-bond acceptors (Lipinski definition) is 6. The number of rotatable bonds is 0. The van der Waals surface area contributed by atoms with Gasteiger partial charge >= 0.3 is 10.4 Å². The van der Waals surface area contributed by atoms with Gasteiger partial charge in [0.05, 0.1) is 0 Å². The molecule has 2 fully saturated rings. The molecule has 0 aromatic rings. The van der Waals surface area contributed by atoms with Crippen molar-refractivity contribution in [1.29, 1.82) is 0 Å². The Bertz CT molecular complexity index is 334. The van der Waals surface area contributed by atoms with Gasteiger partial charge < -0.3 is 5.21 Å². The van der Waals surface area contributed by atoms with Crippen LogP contribution in [0.4, 0.5) is 0 Å². The van der Waals surface area contributed by atoms with E-state index in [9.17, 15) is 8.42 Å². The van der Waals surface area contributed by atoms with Crippen molar-refractivity contribution < 1.29 is 22.0 Å². The van der Waals surface area contributed by atoms with Gasteiger partial charge in [-0.2, -0.15) is 8.42 Å². The average molecular weight is 207 g/mol. The first-order chi connectivity index (χ1) is 6.08. The van der Waals surface area contributed by atoms with Gasteiger partial charge in [0.2, 0.25) is 5.79 Å². The maximum absolute atomic E-state index is 10.6. The molecule has 1 aliphatic carbocycles. The second-order valence-corrected chi connectivity index (χ2v) is 4.23. The summed E-state index contributed by atoms with van der Waals surface area (Å²) in [6.07, 6.45) is 2.58. The highest BCUT2D eigenvalue weighted by atomic mass is 32.3. The highest BCUT2D eigenvalue weighted by Crippen LogP contribution is 2.40. The normalized spacial score (nSPS) is 33.1. The van der Waals surface area contributed by atoms with E-state index in [0.717, 1.165) is 12.8 Å². The summed E-state index contributed by atoms with van der Waals surface area (Å²) >= 11 is 0. The lowest BCUT2D eigenvalue weighted by molar-refractivity contribution is -0.143. The summed E-state index contributed by atoms with van der Waals surface area (Å²) in [4.78, 5) is 0. The first-order valence-electron chi connectivity index (χ1n) is 3.96. The first-order valence-corrected chi connectivity index (χ1v) is 5.29. The molecule has 0 radical (unpaired) electrons. The van der Waals surface area contributed by atoms with Crippen molar-refractivity contribution in [2.45, 2.75) is 31.5 Å². The molecule has 0 atom stereocenters. The zero-order valence-corrected chi connectivity index (χ0v) is 7.58. The number of oxime groups is 1. The van der Waals surface area contributed by atoms with Crippen LogP contribution in [0.3, 0.4) is 0 Å². The molecule has 2 aliphatic rings. The van der Waals surface area contributed by atoms with Crippen molar-refractivity contribution in [1.82, 2.24) is 0 Å². The Hall–Kier alpha value is -0.660. The molecule has 1 heterocycles. The third-order valence-corrected chi connectivity index (χ3v) is 3.15. The lowest BCUT2D eigenvalue weighted by atomic mass is 9.92. The van der Waals surface area contributed by atoms with Gasteiger partial charge in [-0.05, 0) is 19.3 Å². The van der Waals surface area contributed by atoms with Crippen molar-refractivity contribution in [2.75, 3.05) is 0 Å². The van der Waals surface area contributed by atoms with E-state index in [-0.39, 0.29) is 5.71 Å². The molecule has 0 amide bonds. The van der Waals surface area contributed by atoms with Gasteiger partial charge in [0.1, 0.15) is 5.71 Å². The Labute approximate surface area is 75.5 Å². The Morgan fingerprint density at radius 2 is 2.08 bits per heavy atom. The molecule has 2 rings (SSSR count). The van der Waals surface area contributed by atoms with Crippen LogP contribution >= 0.6 is 0 Å². The van der Waals surface area contributed by atoms with E-state index in [1.54, 1.807) is 0 Å². The van der Waals surface area contributed by atoms with Crippen molar-refractivity contribution in [3.05, 3.63) is 0 Å². The molecule has 0 bridgehead atoms. The van der Waals surface area contributed by atoms with E-state index in [1.807, 2.05) is 0 Å². The molecule has 0 aromatic heterocycles. The summed E-state index contributed by atoms with van der Waals surface area (Å²) < 4.78 is 30.5. The summed E-state index contributed by atoms with van der Waals surface area (Å²) in [5.41, 5.74) is 0.258. The third-order valence-electron chi connectivity index (χ3n) is 2.20. The summed E-state index contributed by atoms with van der Waals surface area (Å²) in [6, 6.07) is 0. The highest BCUT2D eigenvalue weighted by Gasteiger charge is 2.57. The van der Waals surface area contributed by atoms with Gasteiger partial charge in [-0.3, -0.25) is 0 Å². The largest absolute Gasteiger partial charge is 0.411 e.